The number of ether oxygens (including phenoxy) is 1. The number of rotatable bonds is 2. The van der Waals surface area contributed by atoms with E-state index in [-0.39, 0.29) is 25.8 Å². The molecule has 0 aliphatic rings. The normalized spacial score (nSPS) is 10.3. The SMILES string of the molecule is O=C(Nc1cccc(Cl)c1)Oc1c(Cl)cc(Cl)c(Cl)c1Cl. The lowest BCUT2D eigenvalue weighted by Gasteiger charge is -2.11. The Morgan fingerprint density at radius 1 is 0.952 bits per heavy atom. The summed E-state index contributed by atoms with van der Waals surface area (Å²) >= 11 is 29.4. The minimum Gasteiger partial charge on any atom is -0.407 e. The van der Waals surface area contributed by atoms with Gasteiger partial charge in [-0.15, -0.1) is 0 Å². The minimum atomic E-state index is -0.792. The summed E-state index contributed by atoms with van der Waals surface area (Å²) in [5.41, 5.74) is 0.458. The highest BCUT2D eigenvalue weighted by Gasteiger charge is 2.18. The summed E-state index contributed by atoms with van der Waals surface area (Å²) in [6.07, 6.45) is -0.792. The molecule has 3 nitrogen and oxygen atoms in total. The zero-order chi connectivity index (χ0) is 15.6. The van der Waals surface area contributed by atoms with Crippen molar-refractivity contribution < 1.29 is 9.53 Å². The van der Waals surface area contributed by atoms with Crippen molar-refractivity contribution >= 4 is 69.8 Å². The fourth-order valence-corrected chi connectivity index (χ4v) is 2.62. The van der Waals surface area contributed by atoms with Gasteiger partial charge in [0.05, 0.1) is 15.1 Å². The van der Waals surface area contributed by atoms with Crippen LogP contribution in [0, 0.1) is 0 Å². The first kappa shape index (κ1) is 16.5. The smallest absolute Gasteiger partial charge is 0.407 e. The van der Waals surface area contributed by atoms with Crippen LogP contribution < -0.4 is 10.1 Å². The molecule has 0 heterocycles. The lowest BCUT2D eigenvalue weighted by Crippen LogP contribution is -2.17. The van der Waals surface area contributed by atoms with Crippen molar-refractivity contribution in [3.8, 4) is 5.75 Å². The first-order chi connectivity index (χ1) is 9.88. The Labute approximate surface area is 145 Å². The van der Waals surface area contributed by atoms with Crippen molar-refractivity contribution in [3.63, 3.8) is 0 Å². The van der Waals surface area contributed by atoms with E-state index in [1.807, 2.05) is 0 Å². The summed E-state index contributed by atoms with van der Waals surface area (Å²) < 4.78 is 5.06. The summed E-state index contributed by atoms with van der Waals surface area (Å²) in [5.74, 6) is -0.0766. The number of halogens is 5. The Bertz CT molecular complexity index is 705. The molecule has 0 unspecified atom stereocenters. The molecule has 2 rings (SSSR count). The molecule has 0 spiro atoms. The van der Waals surface area contributed by atoms with E-state index in [0.29, 0.717) is 10.7 Å². The van der Waals surface area contributed by atoms with Crippen molar-refractivity contribution in [1.29, 1.82) is 0 Å². The third-order valence-electron chi connectivity index (χ3n) is 2.34. The molecule has 1 N–H and O–H groups in total. The number of nitrogens with one attached hydrogen (secondary N) is 1. The van der Waals surface area contributed by atoms with Gasteiger partial charge in [0.15, 0.2) is 5.75 Å². The molecule has 8 heteroatoms. The molecule has 0 bridgehead atoms. The Morgan fingerprint density at radius 2 is 1.67 bits per heavy atom. The molecule has 0 radical (unpaired) electrons. The summed E-state index contributed by atoms with van der Waals surface area (Å²) in [4.78, 5) is 11.8. The predicted molar refractivity (Wildman–Crippen MR) is 87.6 cm³/mol. The van der Waals surface area contributed by atoms with Gasteiger partial charge in [-0.1, -0.05) is 64.1 Å². The minimum absolute atomic E-state index is 0.0459. The lowest BCUT2D eigenvalue weighted by atomic mass is 10.3. The summed E-state index contributed by atoms with van der Waals surface area (Å²) in [6.45, 7) is 0. The highest BCUT2D eigenvalue weighted by molar-refractivity contribution is 6.50. The van der Waals surface area contributed by atoms with Gasteiger partial charge in [0, 0.05) is 10.7 Å². The number of benzene rings is 2. The van der Waals surface area contributed by atoms with Gasteiger partial charge >= 0.3 is 6.09 Å². The van der Waals surface area contributed by atoms with E-state index in [0.717, 1.165) is 0 Å². The average Bonchev–Trinajstić information content (AvgIpc) is 2.41. The molecule has 0 atom stereocenters. The number of amides is 1. The van der Waals surface area contributed by atoms with Crippen LogP contribution in [-0.2, 0) is 0 Å². The molecule has 0 aliphatic carbocycles. The second-order valence-corrected chi connectivity index (χ2v) is 5.83. The van der Waals surface area contributed by atoms with Crippen molar-refractivity contribution in [2.45, 2.75) is 0 Å². The lowest BCUT2D eigenvalue weighted by molar-refractivity contribution is 0.215. The van der Waals surface area contributed by atoms with E-state index < -0.39 is 6.09 Å². The topological polar surface area (TPSA) is 38.3 Å². The van der Waals surface area contributed by atoms with Crippen LogP contribution in [0.2, 0.25) is 25.1 Å². The maximum absolute atomic E-state index is 11.8. The molecule has 2 aromatic rings. The summed E-state index contributed by atoms with van der Waals surface area (Å²) in [7, 11) is 0. The molecule has 1 amide bonds. The van der Waals surface area contributed by atoms with Gasteiger partial charge in [-0.25, -0.2) is 4.79 Å². The van der Waals surface area contributed by atoms with Crippen LogP contribution in [0.5, 0.6) is 5.75 Å². The van der Waals surface area contributed by atoms with Gasteiger partial charge in [-0.2, -0.15) is 0 Å². The zero-order valence-corrected chi connectivity index (χ0v) is 13.9. The van der Waals surface area contributed by atoms with E-state index in [4.69, 9.17) is 62.7 Å². The Morgan fingerprint density at radius 3 is 2.33 bits per heavy atom. The van der Waals surface area contributed by atoms with Crippen molar-refractivity contribution in [1.82, 2.24) is 0 Å². The van der Waals surface area contributed by atoms with Gasteiger partial charge in [0.1, 0.15) is 5.02 Å². The van der Waals surface area contributed by atoms with Crippen LogP contribution in [0.4, 0.5) is 10.5 Å². The van der Waals surface area contributed by atoms with Crippen molar-refractivity contribution in [2.24, 2.45) is 0 Å². The molecule has 0 saturated carbocycles. The Hall–Kier alpha value is -0.840. The fourth-order valence-electron chi connectivity index (χ4n) is 1.45. The number of carbonyl (C=O) groups excluding carboxylic acids is 1. The predicted octanol–water partition coefficient (Wildman–Crippen LogP) is 6.56. The molecule has 21 heavy (non-hydrogen) atoms. The molecule has 2 aromatic carbocycles. The first-order valence-electron chi connectivity index (χ1n) is 5.46. The standard InChI is InChI=1S/C13H6Cl5NO2/c14-6-2-1-3-7(4-6)19-13(20)21-12-9(16)5-8(15)10(17)11(12)18/h1-5H,(H,19,20). The van der Waals surface area contributed by atoms with E-state index in [1.54, 1.807) is 24.3 Å². The quantitative estimate of drug-likeness (QED) is 0.469. The van der Waals surface area contributed by atoms with Gasteiger partial charge in [-0.3, -0.25) is 5.32 Å². The highest BCUT2D eigenvalue weighted by Crippen LogP contribution is 2.42. The maximum Gasteiger partial charge on any atom is 0.417 e. The first-order valence-corrected chi connectivity index (χ1v) is 7.35. The zero-order valence-electron chi connectivity index (χ0n) is 10.1. The largest absolute Gasteiger partial charge is 0.417 e. The third kappa shape index (κ3) is 4.09. The molecule has 0 saturated heterocycles. The molecule has 0 aliphatic heterocycles. The van der Waals surface area contributed by atoms with Gasteiger partial charge in [0.2, 0.25) is 0 Å². The third-order valence-corrected chi connectivity index (χ3v) is 4.10. The second kappa shape index (κ2) is 6.95. The summed E-state index contributed by atoms with van der Waals surface area (Å²) in [5, 5.41) is 3.18. The number of hydrogen-bond donors (Lipinski definition) is 1. The van der Waals surface area contributed by atoms with Crippen LogP contribution in [-0.4, -0.2) is 6.09 Å². The molecular formula is C13H6Cl5NO2. The van der Waals surface area contributed by atoms with Crippen LogP contribution in [0.15, 0.2) is 30.3 Å². The van der Waals surface area contributed by atoms with Crippen LogP contribution in [0.3, 0.4) is 0 Å². The van der Waals surface area contributed by atoms with Crippen molar-refractivity contribution in [2.75, 3.05) is 5.32 Å². The maximum atomic E-state index is 11.8. The van der Waals surface area contributed by atoms with Crippen LogP contribution >= 0.6 is 58.0 Å². The molecule has 110 valence electrons. The van der Waals surface area contributed by atoms with Crippen molar-refractivity contribution in [3.05, 3.63) is 55.4 Å². The highest BCUT2D eigenvalue weighted by atomic mass is 35.5. The van der Waals surface area contributed by atoms with E-state index in [2.05, 4.69) is 5.32 Å². The molecule has 0 aromatic heterocycles. The second-order valence-electron chi connectivity index (χ2n) is 3.82. The fraction of sp³-hybridized carbons (Fsp3) is 0. The average molecular weight is 385 g/mol. The van der Waals surface area contributed by atoms with Gasteiger partial charge < -0.3 is 4.74 Å². The Balaban J connectivity index is 2.19. The van der Waals surface area contributed by atoms with Crippen LogP contribution in [0.25, 0.3) is 0 Å². The molecule has 0 fully saturated rings. The number of hydrogen-bond acceptors (Lipinski definition) is 2. The van der Waals surface area contributed by atoms with Gasteiger partial charge in [-0.05, 0) is 24.3 Å². The van der Waals surface area contributed by atoms with Gasteiger partial charge in [0.25, 0.3) is 0 Å². The summed E-state index contributed by atoms with van der Waals surface area (Å²) in [6, 6.07) is 7.88. The Kier molecular flexibility index (Phi) is 5.47. The number of carbonyl (C=O) groups is 1. The monoisotopic (exact) mass is 383 g/mol. The van der Waals surface area contributed by atoms with E-state index in [1.165, 1.54) is 6.07 Å². The molecular weight excluding hydrogens is 379 g/mol. The van der Waals surface area contributed by atoms with Crippen LogP contribution in [0.1, 0.15) is 0 Å². The van der Waals surface area contributed by atoms with E-state index >= 15 is 0 Å². The number of anilines is 1. The van der Waals surface area contributed by atoms with E-state index in [9.17, 15) is 4.79 Å².